The third kappa shape index (κ3) is 4.15. The van der Waals surface area contributed by atoms with Crippen LogP contribution in [0.2, 0.25) is 25.7 Å². The lowest BCUT2D eigenvalue weighted by atomic mass is 10.3. The summed E-state index contributed by atoms with van der Waals surface area (Å²) >= 11 is 0. The lowest BCUT2D eigenvalue weighted by Gasteiger charge is -2.15. The Balaban J connectivity index is 1.80. The molecule has 3 aromatic heterocycles. The van der Waals surface area contributed by atoms with Gasteiger partial charge in [0, 0.05) is 39.3 Å². The highest BCUT2D eigenvalue weighted by Gasteiger charge is 2.15. The van der Waals surface area contributed by atoms with E-state index in [1.807, 2.05) is 6.20 Å². The molecule has 9 nitrogen and oxygen atoms in total. The second kappa shape index (κ2) is 7.36. The molecule has 3 heterocycles. The first kappa shape index (κ1) is 18.2. The van der Waals surface area contributed by atoms with E-state index in [2.05, 4.69) is 40.1 Å². The van der Waals surface area contributed by atoms with Crippen molar-refractivity contribution in [3.63, 3.8) is 0 Å². The van der Waals surface area contributed by atoms with Crippen LogP contribution in [0.25, 0.3) is 17.0 Å². The van der Waals surface area contributed by atoms with Crippen LogP contribution in [0.3, 0.4) is 0 Å². The van der Waals surface area contributed by atoms with E-state index in [0.717, 1.165) is 18.2 Å². The fraction of sp³-hybridized carbons (Fsp3) is 0.375. The van der Waals surface area contributed by atoms with Gasteiger partial charge in [-0.05, 0) is 6.04 Å². The van der Waals surface area contributed by atoms with E-state index in [1.54, 1.807) is 33.7 Å². The third-order valence-corrected chi connectivity index (χ3v) is 5.57. The monoisotopic (exact) mass is 373 g/mol. The SMILES string of the molecule is C[Si](C)(C)CCOCn1cc(-c2nc(C(=O)NN)cc3nccn23)cn1. The Kier molecular flexibility index (Phi) is 5.16. The van der Waals surface area contributed by atoms with Gasteiger partial charge >= 0.3 is 0 Å². The van der Waals surface area contributed by atoms with Crippen LogP contribution in [0.15, 0.2) is 30.9 Å². The summed E-state index contributed by atoms with van der Waals surface area (Å²) in [6, 6.07) is 2.68. The van der Waals surface area contributed by atoms with Gasteiger partial charge in [-0.1, -0.05) is 19.6 Å². The molecule has 3 rings (SSSR count). The van der Waals surface area contributed by atoms with E-state index >= 15 is 0 Å². The number of carbonyl (C=O) groups excluding carboxylic acids is 1. The number of nitrogen functional groups attached to an aromatic ring is 1. The molecule has 0 saturated carbocycles. The van der Waals surface area contributed by atoms with Crippen LogP contribution >= 0.6 is 0 Å². The van der Waals surface area contributed by atoms with Crippen LogP contribution in [-0.2, 0) is 11.5 Å². The largest absolute Gasteiger partial charge is 0.360 e. The normalized spacial score (nSPS) is 11.8. The number of aromatic nitrogens is 5. The van der Waals surface area contributed by atoms with Gasteiger partial charge in [-0.3, -0.25) is 14.6 Å². The van der Waals surface area contributed by atoms with Crippen molar-refractivity contribution in [3.05, 3.63) is 36.5 Å². The minimum absolute atomic E-state index is 0.195. The van der Waals surface area contributed by atoms with Gasteiger partial charge in [-0.2, -0.15) is 5.10 Å². The Bertz CT molecular complexity index is 913. The smallest absolute Gasteiger partial charge is 0.283 e. The highest BCUT2D eigenvalue weighted by Crippen LogP contribution is 2.19. The molecule has 0 saturated heterocycles. The molecule has 0 spiro atoms. The molecule has 0 atom stereocenters. The maximum absolute atomic E-state index is 11.8. The Morgan fingerprint density at radius 2 is 2.19 bits per heavy atom. The summed E-state index contributed by atoms with van der Waals surface area (Å²) in [5.74, 6) is 5.31. The minimum Gasteiger partial charge on any atom is -0.360 e. The van der Waals surface area contributed by atoms with E-state index in [4.69, 9.17) is 10.6 Å². The van der Waals surface area contributed by atoms with Crippen molar-refractivity contribution in [1.82, 2.24) is 29.6 Å². The fourth-order valence-corrected chi connectivity index (χ4v) is 3.16. The van der Waals surface area contributed by atoms with E-state index in [0.29, 0.717) is 18.2 Å². The number of nitrogens with zero attached hydrogens (tertiary/aromatic N) is 5. The quantitative estimate of drug-likeness (QED) is 0.213. The number of amides is 1. The molecule has 10 heteroatoms. The highest BCUT2D eigenvalue weighted by molar-refractivity contribution is 6.76. The van der Waals surface area contributed by atoms with E-state index in [1.165, 1.54) is 0 Å². The standard InChI is InChI=1S/C16H23N7O2Si/c1-26(2,3)7-6-25-11-22-10-12(9-19-22)15-20-13(16(24)21-17)8-14-18-4-5-23(14)15/h4-5,8-10H,6-7,11,17H2,1-3H3,(H,21,24). The van der Waals surface area contributed by atoms with Crippen LogP contribution in [-0.4, -0.2) is 44.7 Å². The lowest BCUT2D eigenvalue weighted by molar-refractivity contribution is 0.0786. The summed E-state index contributed by atoms with van der Waals surface area (Å²) in [5, 5.41) is 4.32. The van der Waals surface area contributed by atoms with Crippen molar-refractivity contribution in [3.8, 4) is 11.4 Å². The number of ether oxygens (including phenoxy) is 1. The Morgan fingerprint density at radius 1 is 1.38 bits per heavy atom. The number of hydrazine groups is 1. The first-order chi connectivity index (χ1) is 12.4. The van der Waals surface area contributed by atoms with Crippen LogP contribution in [0, 0.1) is 0 Å². The number of nitrogens with two attached hydrogens (primary N) is 1. The molecule has 0 aliphatic rings. The Morgan fingerprint density at radius 3 is 2.92 bits per heavy atom. The first-order valence-corrected chi connectivity index (χ1v) is 12.0. The molecular formula is C16H23N7O2Si. The number of carbonyl (C=O) groups is 1. The zero-order chi connectivity index (χ0) is 18.7. The highest BCUT2D eigenvalue weighted by atomic mass is 28.3. The average Bonchev–Trinajstić information content (AvgIpc) is 3.25. The molecule has 1 amide bonds. The van der Waals surface area contributed by atoms with Gasteiger partial charge in [-0.25, -0.2) is 20.5 Å². The lowest BCUT2D eigenvalue weighted by Crippen LogP contribution is -2.31. The maximum atomic E-state index is 11.8. The van der Waals surface area contributed by atoms with Crippen molar-refractivity contribution in [2.75, 3.05) is 6.61 Å². The van der Waals surface area contributed by atoms with Gasteiger partial charge in [0.15, 0.2) is 0 Å². The number of imidazole rings is 1. The van der Waals surface area contributed by atoms with Gasteiger partial charge in [0.1, 0.15) is 23.9 Å². The van der Waals surface area contributed by atoms with Gasteiger partial charge < -0.3 is 4.74 Å². The molecule has 0 bridgehead atoms. The predicted molar refractivity (Wildman–Crippen MR) is 100.0 cm³/mol. The van der Waals surface area contributed by atoms with Crippen LogP contribution in [0.1, 0.15) is 10.5 Å². The van der Waals surface area contributed by atoms with Crippen LogP contribution in [0.5, 0.6) is 0 Å². The van der Waals surface area contributed by atoms with E-state index in [9.17, 15) is 4.79 Å². The average molecular weight is 373 g/mol. The Hall–Kier alpha value is -2.56. The van der Waals surface area contributed by atoms with Crippen molar-refractivity contribution in [2.24, 2.45) is 5.84 Å². The van der Waals surface area contributed by atoms with Crippen molar-refractivity contribution in [1.29, 1.82) is 0 Å². The van der Waals surface area contributed by atoms with Gasteiger partial charge in [0.25, 0.3) is 5.91 Å². The van der Waals surface area contributed by atoms with E-state index < -0.39 is 14.0 Å². The van der Waals surface area contributed by atoms with Crippen LogP contribution < -0.4 is 11.3 Å². The summed E-state index contributed by atoms with van der Waals surface area (Å²) in [6.45, 7) is 8.04. The molecule has 3 aromatic rings. The van der Waals surface area contributed by atoms with Crippen molar-refractivity contribution in [2.45, 2.75) is 32.4 Å². The maximum Gasteiger partial charge on any atom is 0.283 e. The summed E-state index contributed by atoms with van der Waals surface area (Å²) in [5.41, 5.74) is 3.65. The topological polar surface area (TPSA) is 112 Å². The van der Waals surface area contributed by atoms with Gasteiger partial charge in [0.2, 0.25) is 0 Å². The number of hydrogen-bond donors (Lipinski definition) is 2. The third-order valence-electron chi connectivity index (χ3n) is 3.86. The second-order valence-electron chi connectivity index (χ2n) is 7.21. The summed E-state index contributed by atoms with van der Waals surface area (Å²) in [4.78, 5) is 20.5. The molecule has 138 valence electrons. The summed E-state index contributed by atoms with van der Waals surface area (Å²) in [6.07, 6.45) is 6.95. The van der Waals surface area contributed by atoms with Gasteiger partial charge in [0.05, 0.1) is 11.8 Å². The molecule has 3 N–H and O–H groups in total. The van der Waals surface area contributed by atoms with E-state index in [-0.39, 0.29) is 5.69 Å². The van der Waals surface area contributed by atoms with Gasteiger partial charge in [-0.15, -0.1) is 0 Å². The van der Waals surface area contributed by atoms with Crippen LogP contribution in [0.4, 0.5) is 0 Å². The first-order valence-electron chi connectivity index (χ1n) is 8.33. The fourth-order valence-electron chi connectivity index (χ4n) is 2.40. The minimum atomic E-state index is -1.11. The molecule has 0 aliphatic heterocycles. The zero-order valence-electron chi connectivity index (χ0n) is 15.1. The summed E-state index contributed by atoms with van der Waals surface area (Å²) in [7, 11) is -1.11. The Labute approximate surface area is 152 Å². The number of hydrogen-bond acceptors (Lipinski definition) is 6. The molecule has 0 fully saturated rings. The molecular weight excluding hydrogens is 350 g/mol. The summed E-state index contributed by atoms with van der Waals surface area (Å²) < 4.78 is 9.21. The number of rotatable bonds is 7. The number of nitrogens with one attached hydrogen (secondary N) is 1. The zero-order valence-corrected chi connectivity index (χ0v) is 16.1. The van der Waals surface area contributed by atoms with Crippen molar-refractivity contribution < 1.29 is 9.53 Å². The molecule has 0 aliphatic carbocycles. The molecule has 0 radical (unpaired) electrons. The molecule has 0 unspecified atom stereocenters. The molecule has 26 heavy (non-hydrogen) atoms. The molecule has 0 aromatic carbocycles. The predicted octanol–water partition coefficient (Wildman–Crippen LogP) is 1.51. The second-order valence-corrected chi connectivity index (χ2v) is 12.8. The van der Waals surface area contributed by atoms with Crippen molar-refractivity contribution >= 4 is 19.6 Å². The number of fused-ring (bicyclic) bond motifs is 1.